The third kappa shape index (κ3) is 6.30. The maximum Gasteiger partial charge on any atom is 0.335 e. The number of Topliss-reactive ketones (excluding diaryl/α,β-unsaturated/α-hetero) is 1. The Hall–Kier alpha value is -3.60. The number of carboxylic acid groups (broad SMARTS) is 1. The van der Waals surface area contributed by atoms with Crippen molar-refractivity contribution in [2.75, 3.05) is 0 Å². The lowest BCUT2D eigenvalue weighted by atomic mass is 9.92. The van der Waals surface area contributed by atoms with Crippen molar-refractivity contribution in [2.24, 2.45) is 5.92 Å². The second-order valence-electron chi connectivity index (χ2n) is 9.37. The third-order valence-corrected chi connectivity index (χ3v) is 6.88. The lowest BCUT2D eigenvalue weighted by molar-refractivity contribution is 0.0696. The molecule has 3 aromatic carbocycles. The van der Waals surface area contributed by atoms with E-state index in [0.29, 0.717) is 31.3 Å². The Labute approximate surface area is 206 Å². The summed E-state index contributed by atoms with van der Waals surface area (Å²) in [5.74, 6) is 1.23. The lowest BCUT2D eigenvalue weighted by Gasteiger charge is -2.15. The van der Waals surface area contributed by atoms with Gasteiger partial charge in [0.05, 0.1) is 5.56 Å². The number of rotatable bonds is 10. The summed E-state index contributed by atoms with van der Waals surface area (Å²) >= 11 is 0. The molecule has 0 atom stereocenters. The van der Waals surface area contributed by atoms with Crippen LogP contribution < -0.4 is 9.47 Å². The molecular formula is C30H32O5. The summed E-state index contributed by atoms with van der Waals surface area (Å²) in [6, 6.07) is 18.2. The highest BCUT2D eigenvalue weighted by Crippen LogP contribution is 2.31. The van der Waals surface area contributed by atoms with Gasteiger partial charge < -0.3 is 14.6 Å². The van der Waals surface area contributed by atoms with Crippen molar-refractivity contribution < 1.29 is 24.2 Å². The van der Waals surface area contributed by atoms with Crippen molar-refractivity contribution in [3.05, 3.63) is 94.0 Å². The van der Waals surface area contributed by atoms with Crippen LogP contribution in [0.3, 0.4) is 0 Å². The van der Waals surface area contributed by atoms with Gasteiger partial charge in [0.15, 0.2) is 5.78 Å². The summed E-state index contributed by atoms with van der Waals surface area (Å²) in [4.78, 5) is 23.8. The van der Waals surface area contributed by atoms with Crippen LogP contribution in [0.4, 0.5) is 0 Å². The molecule has 0 amide bonds. The van der Waals surface area contributed by atoms with E-state index in [-0.39, 0.29) is 11.3 Å². The van der Waals surface area contributed by atoms with Gasteiger partial charge in [0.25, 0.3) is 0 Å². The number of hydrogen-bond donors (Lipinski definition) is 1. The average molecular weight is 473 g/mol. The van der Waals surface area contributed by atoms with E-state index in [1.807, 2.05) is 50.2 Å². The number of benzene rings is 3. The molecule has 0 saturated heterocycles. The molecule has 0 bridgehead atoms. The normalized spacial score (nSPS) is 13.5. The van der Waals surface area contributed by atoms with E-state index in [1.54, 1.807) is 12.1 Å². The fourth-order valence-corrected chi connectivity index (χ4v) is 4.67. The lowest BCUT2D eigenvalue weighted by Crippen LogP contribution is -2.09. The van der Waals surface area contributed by atoms with Crippen molar-refractivity contribution in [1.29, 1.82) is 0 Å². The van der Waals surface area contributed by atoms with Crippen molar-refractivity contribution in [3.63, 3.8) is 0 Å². The summed E-state index contributed by atoms with van der Waals surface area (Å²) in [6.07, 6.45) is 5.49. The van der Waals surface area contributed by atoms with Gasteiger partial charge in [0.1, 0.15) is 24.7 Å². The van der Waals surface area contributed by atoms with Gasteiger partial charge in [0.2, 0.25) is 0 Å². The number of carbonyl (C=O) groups is 2. The molecule has 1 N–H and O–H groups in total. The maximum absolute atomic E-state index is 12.8. The first-order valence-electron chi connectivity index (χ1n) is 12.2. The fourth-order valence-electron chi connectivity index (χ4n) is 4.67. The van der Waals surface area contributed by atoms with E-state index in [2.05, 4.69) is 0 Å². The van der Waals surface area contributed by atoms with Crippen molar-refractivity contribution in [1.82, 2.24) is 0 Å². The predicted molar refractivity (Wildman–Crippen MR) is 135 cm³/mol. The van der Waals surface area contributed by atoms with Crippen LogP contribution >= 0.6 is 0 Å². The van der Waals surface area contributed by atoms with Gasteiger partial charge in [-0.05, 0) is 84.5 Å². The molecule has 182 valence electrons. The minimum absolute atomic E-state index is 0.230. The first-order chi connectivity index (χ1) is 16.9. The van der Waals surface area contributed by atoms with Gasteiger partial charge in [-0.1, -0.05) is 43.9 Å². The maximum atomic E-state index is 12.8. The molecule has 1 aliphatic rings. The Morgan fingerprint density at radius 3 is 2.17 bits per heavy atom. The summed E-state index contributed by atoms with van der Waals surface area (Å²) < 4.78 is 11.9. The summed E-state index contributed by atoms with van der Waals surface area (Å²) in [7, 11) is 0. The van der Waals surface area contributed by atoms with Crippen LogP contribution in [0.15, 0.2) is 60.7 Å². The highest BCUT2D eigenvalue weighted by atomic mass is 16.5. The Kier molecular flexibility index (Phi) is 7.86. The minimum Gasteiger partial charge on any atom is -0.489 e. The quantitative estimate of drug-likeness (QED) is 0.324. The van der Waals surface area contributed by atoms with Gasteiger partial charge in [-0.3, -0.25) is 4.79 Å². The Morgan fingerprint density at radius 2 is 1.51 bits per heavy atom. The topological polar surface area (TPSA) is 72.8 Å². The van der Waals surface area contributed by atoms with Crippen LogP contribution in [0.5, 0.6) is 11.5 Å². The molecule has 0 spiro atoms. The van der Waals surface area contributed by atoms with E-state index in [0.717, 1.165) is 33.6 Å². The molecule has 0 aromatic heterocycles. The second-order valence-corrected chi connectivity index (χ2v) is 9.37. The van der Waals surface area contributed by atoms with Gasteiger partial charge in [-0.15, -0.1) is 0 Å². The smallest absolute Gasteiger partial charge is 0.335 e. The van der Waals surface area contributed by atoms with Crippen LogP contribution in [-0.2, 0) is 13.2 Å². The van der Waals surface area contributed by atoms with E-state index in [1.165, 1.54) is 37.8 Å². The molecule has 5 nitrogen and oxygen atoms in total. The van der Waals surface area contributed by atoms with Gasteiger partial charge in [-0.25, -0.2) is 4.79 Å². The Bertz CT molecular complexity index is 1190. The van der Waals surface area contributed by atoms with E-state index >= 15 is 0 Å². The molecular weight excluding hydrogens is 440 g/mol. The first kappa shape index (κ1) is 24.5. The number of aromatic carboxylic acids is 1. The SMILES string of the molecule is Cc1c(OCc2cccc(COc3ccc(C(=O)O)cc3)c2)ccc(C(=O)CC2CCCC2)c1C. The van der Waals surface area contributed by atoms with Gasteiger partial charge >= 0.3 is 5.97 Å². The average Bonchev–Trinajstić information content (AvgIpc) is 3.37. The first-order valence-corrected chi connectivity index (χ1v) is 12.2. The Balaban J connectivity index is 1.35. The monoisotopic (exact) mass is 472 g/mol. The third-order valence-electron chi connectivity index (χ3n) is 6.88. The number of carbonyl (C=O) groups excluding carboxylic acids is 1. The summed E-state index contributed by atoms with van der Waals surface area (Å²) in [6.45, 7) is 4.80. The molecule has 0 heterocycles. The fraction of sp³-hybridized carbons (Fsp3) is 0.333. The summed E-state index contributed by atoms with van der Waals surface area (Å²) in [5.41, 5.74) is 5.07. The molecule has 1 saturated carbocycles. The number of ether oxygens (including phenoxy) is 2. The zero-order valence-corrected chi connectivity index (χ0v) is 20.4. The van der Waals surface area contributed by atoms with Crippen molar-refractivity contribution in [2.45, 2.75) is 59.2 Å². The van der Waals surface area contributed by atoms with Crippen LogP contribution in [0.25, 0.3) is 0 Å². The van der Waals surface area contributed by atoms with Gasteiger partial charge in [-0.2, -0.15) is 0 Å². The van der Waals surface area contributed by atoms with Gasteiger partial charge in [0, 0.05) is 12.0 Å². The van der Waals surface area contributed by atoms with E-state index < -0.39 is 5.97 Å². The standard InChI is InChI=1S/C30H32O5/c1-20-21(2)29(15-14-27(20)28(31)17-22-6-3-4-7-22)35-19-24-9-5-8-23(16-24)18-34-26-12-10-25(11-13-26)30(32)33/h5,8-16,22H,3-4,6-7,17-19H2,1-2H3,(H,32,33). The predicted octanol–water partition coefficient (Wildman–Crippen LogP) is 6.92. The number of carboxylic acids is 1. The number of hydrogen-bond acceptors (Lipinski definition) is 4. The van der Waals surface area contributed by atoms with E-state index in [9.17, 15) is 9.59 Å². The largest absolute Gasteiger partial charge is 0.489 e. The molecule has 0 unspecified atom stereocenters. The highest BCUT2D eigenvalue weighted by molar-refractivity contribution is 5.98. The summed E-state index contributed by atoms with van der Waals surface area (Å²) in [5, 5.41) is 9.00. The Morgan fingerprint density at radius 1 is 0.857 bits per heavy atom. The number of ketones is 1. The molecule has 1 aliphatic carbocycles. The van der Waals surface area contributed by atoms with Crippen molar-refractivity contribution in [3.8, 4) is 11.5 Å². The van der Waals surface area contributed by atoms with Crippen LogP contribution in [0, 0.1) is 19.8 Å². The zero-order chi connectivity index (χ0) is 24.8. The zero-order valence-electron chi connectivity index (χ0n) is 20.4. The van der Waals surface area contributed by atoms with Crippen LogP contribution in [0.1, 0.15) is 75.1 Å². The second kappa shape index (κ2) is 11.2. The van der Waals surface area contributed by atoms with Crippen molar-refractivity contribution >= 4 is 11.8 Å². The molecule has 0 radical (unpaired) electrons. The molecule has 1 fully saturated rings. The molecule has 5 heteroatoms. The molecule has 35 heavy (non-hydrogen) atoms. The molecule has 0 aliphatic heterocycles. The van der Waals surface area contributed by atoms with E-state index in [4.69, 9.17) is 14.6 Å². The van der Waals surface area contributed by atoms with Crippen LogP contribution in [0.2, 0.25) is 0 Å². The van der Waals surface area contributed by atoms with Crippen LogP contribution in [-0.4, -0.2) is 16.9 Å². The minimum atomic E-state index is -0.958. The highest BCUT2D eigenvalue weighted by Gasteiger charge is 2.21. The molecule has 4 rings (SSSR count). The molecule has 3 aromatic rings.